The van der Waals surface area contributed by atoms with Crippen molar-refractivity contribution in [1.82, 2.24) is 10.3 Å². The molecule has 0 aliphatic heterocycles. The summed E-state index contributed by atoms with van der Waals surface area (Å²) in [7, 11) is 1.90. The van der Waals surface area contributed by atoms with Gasteiger partial charge in [-0.15, -0.1) is 0 Å². The van der Waals surface area contributed by atoms with E-state index in [-0.39, 0.29) is 0 Å². The number of hydrogen-bond acceptors (Lipinski definition) is 3. The van der Waals surface area contributed by atoms with E-state index in [2.05, 4.69) is 22.9 Å². The number of aryl methyl sites for hydroxylation is 1. The van der Waals surface area contributed by atoms with Crippen molar-refractivity contribution in [2.24, 2.45) is 0 Å². The minimum Gasteiger partial charge on any atom is -0.487 e. The molecule has 1 aromatic carbocycles. The maximum absolute atomic E-state index is 5.79. The molecule has 0 unspecified atom stereocenters. The summed E-state index contributed by atoms with van der Waals surface area (Å²) in [5.41, 5.74) is 2.92. The molecule has 94 valence electrons. The van der Waals surface area contributed by atoms with Crippen molar-refractivity contribution in [3.63, 3.8) is 0 Å². The number of rotatable bonds is 5. The number of ether oxygens (including phenoxy) is 1. The molecule has 0 saturated heterocycles. The predicted octanol–water partition coefficient (Wildman–Crippen LogP) is 2.70. The maximum atomic E-state index is 5.79. The first-order valence-electron chi connectivity index (χ1n) is 6.01. The number of benzene rings is 1. The molecule has 18 heavy (non-hydrogen) atoms. The van der Waals surface area contributed by atoms with E-state index in [1.807, 2.05) is 38.2 Å². The number of nitrogens with zero attached hydrogens (tertiary/aromatic N) is 1. The summed E-state index contributed by atoms with van der Waals surface area (Å²) < 4.78 is 5.79. The Morgan fingerprint density at radius 2 is 2.17 bits per heavy atom. The molecule has 1 aromatic heterocycles. The number of aromatic nitrogens is 1. The van der Waals surface area contributed by atoms with Gasteiger partial charge in [-0.3, -0.25) is 0 Å². The largest absolute Gasteiger partial charge is 0.487 e. The van der Waals surface area contributed by atoms with Crippen LogP contribution in [0.1, 0.15) is 5.69 Å². The van der Waals surface area contributed by atoms with Crippen LogP contribution in [0.3, 0.4) is 0 Å². The molecule has 2 rings (SSSR count). The normalized spacial score (nSPS) is 10.6. The van der Waals surface area contributed by atoms with Crippen molar-refractivity contribution >= 4 is 10.9 Å². The standard InChI is InChI=1S/C15H18N2O/c1-11(9-16-3)10-18-14-6-4-5-13-8-7-12(2)17-15(13)14/h4-8,16H,1,9-10H2,2-3H3. The van der Waals surface area contributed by atoms with Crippen LogP contribution < -0.4 is 10.1 Å². The lowest BCUT2D eigenvalue weighted by atomic mass is 10.2. The Hall–Kier alpha value is -1.87. The zero-order valence-electron chi connectivity index (χ0n) is 10.9. The number of fused-ring (bicyclic) bond motifs is 1. The molecule has 0 saturated carbocycles. The third-order valence-corrected chi connectivity index (χ3v) is 2.68. The highest BCUT2D eigenvalue weighted by atomic mass is 16.5. The van der Waals surface area contributed by atoms with Crippen LogP contribution in [0.25, 0.3) is 10.9 Å². The molecule has 1 N–H and O–H groups in total. The fourth-order valence-corrected chi connectivity index (χ4v) is 1.81. The van der Waals surface area contributed by atoms with Crippen LogP contribution >= 0.6 is 0 Å². The number of likely N-dealkylation sites (N-methyl/N-ethyl adjacent to an activating group) is 1. The molecule has 0 aliphatic rings. The van der Waals surface area contributed by atoms with Gasteiger partial charge in [0.05, 0.1) is 0 Å². The Balaban J connectivity index is 2.22. The third kappa shape index (κ3) is 2.87. The third-order valence-electron chi connectivity index (χ3n) is 2.68. The molecule has 0 fully saturated rings. The van der Waals surface area contributed by atoms with Gasteiger partial charge in [-0.25, -0.2) is 4.98 Å². The lowest BCUT2D eigenvalue weighted by Gasteiger charge is -2.10. The van der Waals surface area contributed by atoms with Crippen molar-refractivity contribution in [2.45, 2.75) is 6.92 Å². The van der Waals surface area contributed by atoms with Gasteiger partial charge in [-0.2, -0.15) is 0 Å². The Bertz CT molecular complexity index is 563. The lowest BCUT2D eigenvalue weighted by Crippen LogP contribution is -2.14. The molecule has 2 aromatic rings. The van der Waals surface area contributed by atoms with Crippen molar-refractivity contribution in [3.05, 3.63) is 48.2 Å². The van der Waals surface area contributed by atoms with Crippen LogP contribution in [0.2, 0.25) is 0 Å². The van der Waals surface area contributed by atoms with Gasteiger partial charge >= 0.3 is 0 Å². The molecular weight excluding hydrogens is 224 g/mol. The highest BCUT2D eigenvalue weighted by Gasteiger charge is 2.04. The van der Waals surface area contributed by atoms with Crippen molar-refractivity contribution in [1.29, 1.82) is 0 Å². The van der Waals surface area contributed by atoms with Gasteiger partial charge in [0.2, 0.25) is 0 Å². The highest BCUT2D eigenvalue weighted by molar-refractivity contribution is 5.84. The molecule has 0 aliphatic carbocycles. The Morgan fingerprint density at radius 1 is 1.33 bits per heavy atom. The summed E-state index contributed by atoms with van der Waals surface area (Å²) >= 11 is 0. The van der Waals surface area contributed by atoms with Crippen LogP contribution in [0.5, 0.6) is 5.75 Å². The first-order valence-corrected chi connectivity index (χ1v) is 6.01. The van der Waals surface area contributed by atoms with Crippen molar-refractivity contribution in [2.75, 3.05) is 20.2 Å². The fourth-order valence-electron chi connectivity index (χ4n) is 1.81. The lowest BCUT2D eigenvalue weighted by molar-refractivity contribution is 0.352. The Labute approximate surface area is 107 Å². The second-order valence-corrected chi connectivity index (χ2v) is 4.35. The zero-order chi connectivity index (χ0) is 13.0. The second kappa shape index (κ2) is 5.65. The van der Waals surface area contributed by atoms with E-state index >= 15 is 0 Å². The summed E-state index contributed by atoms with van der Waals surface area (Å²) in [5, 5.41) is 4.15. The van der Waals surface area contributed by atoms with Gasteiger partial charge in [0.15, 0.2) is 0 Å². The Morgan fingerprint density at radius 3 is 2.94 bits per heavy atom. The smallest absolute Gasteiger partial charge is 0.146 e. The van der Waals surface area contributed by atoms with E-state index in [1.54, 1.807) is 0 Å². The van der Waals surface area contributed by atoms with E-state index in [4.69, 9.17) is 4.74 Å². The van der Waals surface area contributed by atoms with E-state index in [0.29, 0.717) is 6.61 Å². The van der Waals surface area contributed by atoms with Crippen LogP contribution in [-0.2, 0) is 0 Å². The minimum atomic E-state index is 0.509. The van der Waals surface area contributed by atoms with Gasteiger partial charge in [-0.05, 0) is 31.7 Å². The van der Waals surface area contributed by atoms with Crippen LogP contribution in [-0.4, -0.2) is 25.2 Å². The van der Waals surface area contributed by atoms with E-state index in [0.717, 1.165) is 34.5 Å². The number of pyridine rings is 1. The van der Waals surface area contributed by atoms with Gasteiger partial charge in [0.25, 0.3) is 0 Å². The van der Waals surface area contributed by atoms with Gasteiger partial charge in [0.1, 0.15) is 17.9 Å². The number of hydrogen-bond donors (Lipinski definition) is 1. The molecule has 0 amide bonds. The van der Waals surface area contributed by atoms with Gasteiger partial charge in [-0.1, -0.05) is 24.8 Å². The average Bonchev–Trinajstić information content (AvgIpc) is 2.36. The molecule has 1 heterocycles. The first kappa shape index (κ1) is 12.6. The molecule has 3 nitrogen and oxygen atoms in total. The monoisotopic (exact) mass is 242 g/mol. The van der Waals surface area contributed by atoms with E-state index in [9.17, 15) is 0 Å². The molecule has 0 spiro atoms. The van der Waals surface area contributed by atoms with Gasteiger partial charge < -0.3 is 10.1 Å². The predicted molar refractivity (Wildman–Crippen MR) is 75.0 cm³/mol. The molecule has 3 heteroatoms. The van der Waals surface area contributed by atoms with Crippen LogP contribution in [0, 0.1) is 6.92 Å². The second-order valence-electron chi connectivity index (χ2n) is 4.35. The summed E-state index contributed by atoms with van der Waals surface area (Å²) in [6, 6.07) is 10.0. The molecule has 0 radical (unpaired) electrons. The average molecular weight is 242 g/mol. The SMILES string of the molecule is C=C(CNC)COc1cccc2ccc(C)nc12. The van der Waals surface area contributed by atoms with Crippen molar-refractivity contribution in [3.8, 4) is 5.75 Å². The summed E-state index contributed by atoms with van der Waals surface area (Å²) in [4.78, 5) is 4.53. The topological polar surface area (TPSA) is 34.1 Å². The van der Waals surface area contributed by atoms with Gasteiger partial charge in [0, 0.05) is 17.6 Å². The summed E-state index contributed by atoms with van der Waals surface area (Å²) in [5.74, 6) is 0.813. The fraction of sp³-hybridized carbons (Fsp3) is 0.267. The zero-order valence-corrected chi connectivity index (χ0v) is 10.9. The van der Waals surface area contributed by atoms with Crippen molar-refractivity contribution < 1.29 is 4.74 Å². The highest BCUT2D eigenvalue weighted by Crippen LogP contribution is 2.24. The quantitative estimate of drug-likeness (QED) is 0.819. The van der Waals surface area contributed by atoms with Crippen LogP contribution in [0.4, 0.5) is 0 Å². The van der Waals surface area contributed by atoms with E-state index in [1.165, 1.54) is 0 Å². The van der Waals surface area contributed by atoms with Crippen LogP contribution in [0.15, 0.2) is 42.5 Å². The summed E-state index contributed by atoms with van der Waals surface area (Å²) in [6.07, 6.45) is 0. The van der Waals surface area contributed by atoms with E-state index < -0.39 is 0 Å². The minimum absolute atomic E-state index is 0.509. The molecular formula is C15H18N2O. The summed E-state index contributed by atoms with van der Waals surface area (Å²) in [6.45, 7) is 7.20. The number of para-hydroxylation sites is 1. The first-order chi connectivity index (χ1) is 8.70. The number of nitrogens with one attached hydrogen (secondary N) is 1. The molecule has 0 bridgehead atoms. The maximum Gasteiger partial charge on any atom is 0.146 e. The molecule has 0 atom stereocenters. The Kier molecular flexibility index (Phi) is 3.95.